The number of rotatable bonds is 23. The molecule has 0 aliphatic carbocycles. The van der Waals surface area contributed by atoms with Crippen LogP contribution in [-0.4, -0.2) is 56.9 Å². The Bertz CT molecular complexity index is 681. The first-order valence-corrected chi connectivity index (χ1v) is 14.8. The number of hydrogen-bond acceptors (Lipinski definition) is 5. The van der Waals surface area contributed by atoms with E-state index in [2.05, 4.69) is 47.6 Å². The van der Waals surface area contributed by atoms with Crippen LogP contribution in [0, 0.1) is 5.92 Å². The van der Waals surface area contributed by atoms with Crippen LogP contribution in [-0.2, 0) is 20.7 Å². The lowest BCUT2D eigenvalue weighted by Crippen LogP contribution is -2.34. The van der Waals surface area contributed by atoms with E-state index in [1.165, 1.54) is 95.5 Å². The van der Waals surface area contributed by atoms with Gasteiger partial charge in [0.05, 0.1) is 5.92 Å². The molecule has 0 bridgehead atoms. The van der Waals surface area contributed by atoms with Crippen molar-refractivity contribution in [2.45, 2.75) is 104 Å². The number of ether oxygens (including phenoxy) is 2. The van der Waals surface area contributed by atoms with E-state index in [9.17, 15) is 9.59 Å². The maximum Gasteiger partial charge on any atom is 0.407 e. The molecule has 6 heteroatoms. The monoisotopic (exact) mass is 518 g/mol. The third-order valence-corrected chi connectivity index (χ3v) is 6.64. The highest BCUT2D eigenvalue weighted by molar-refractivity contribution is 5.71. The number of aryl methyl sites for hydroxylation is 1. The maximum atomic E-state index is 11.7. The minimum absolute atomic E-state index is 0.0791. The Kier molecular flexibility index (Phi) is 20.5. The maximum absolute atomic E-state index is 11.7. The zero-order chi connectivity index (χ0) is 27.0. The highest BCUT2D eigenvalue weighted by Gasteiger charge is 2.08. The molecule has 0 aliphatic rings. The minimum atomic E-state index is -0.465. The molecule has 0 saturated carbocycles. The van der Waals surface area contributed by atoms with E-state index >= 15 is 0 Å². The van der Waals surface area contributed by atoms with E-state index in [1.807, 2.05) is 0 Å². The van der Waals surface area contributed by atoms with Gasteiger partial charge in [-0.25, -0.2) is 4.79 Å². The first-order chi connectivity index (χ1) is 18.0. The lowest BCUT2D eigenvalue weighted by molar-refractivity contribution is -0.148. The van der Waals surface area contributed by atoms with Gasteiger partial charge < -0.3 is 19.7 Å². The summed E-state index contributed by atoms with van der Waals surface area (Å²) in [6, 6.07) is 10.8. The average Bonchev–Trinajstić information content (AvgIpc) is 2.89. The molecular weight excluding hydrogens is 464 g/mol. The van der Waals surface area contributed by atoms with E-state index in [1.54, 1.807) is 13.8 Å². The molecule has 0 aliphatic heterocycles. The van der Waals surface area contributed by atoms with E-state index in [-0.39, 0.29) is 25.1 Å². The molecule has 1 N–H and O–H groups in total. The van der Waals surface area contributed by atoms with Crippen molar-refractivity contribution in [3.8, 4) is 0 Å². The number of amides is 1. The number of esters is 1. The third kappa shape index (κ3) is 20.6. The summed E-state index contributed by atoms with van der Waals surface area (Å²) in [4.78, 5) is 25.2. The van der Waals surface area contributed by atoms with Gasteiger partial charge >= 0.3 is 12.1 Å². The summed E-state index contributed by atoms with van der Waals surface area (Å²) >= 11 is 0. The molecule has 1 aromatic rings. The number of alkyl carbamates (subject to hydrolysis) is 1. The first-order valence-electron chi connectivity index (χ1n) is 14.8. The van der Waals surface area contributed by atoms with Crippen LogP contribution in [0.2, 0.25) is 0 Å². The largest absolute Gasteiger partial charge is 0.462 e. The quantitative estimate of drug-likeness (QED) is 0.123. The zero-order valence-electron chi connectivity index (χ0n) is 24.0. The van der Waals surface area contributed by atoms with Crippen molar-refractivity contribution in [3.63, 3.8) is 0 Å². The molecule has 0 heterocycles. The van der Waals surface area contributed by atoms with Gasteiger partial charge in [0.15, 0.2) is 0 Å². The Balaban J connectivity index is 1.77. The average molecular weight is 519 g/mol. The lowest BCUT2D eigenvalue weighted by Gasteiger charge is -2.16. The van der Waals surface area contributed by atoms with Gasteiger partial charge in [0, 0.05) is 13.1 Å². The van der Waals surface area contributed by atoms with Gasteiger partial charge in [-0.05, 0) is 38.4 Å². The highest BCUT2D eigenvalue weighted by Crippen LogP contribution is 2.13. The van der Waals surface area contributed by atoms with Gasteiger partial charge in [0.2, 0.25) is 0 Å². The molecule has 6 nitrogen and oxygen atoms in total. The Morgan fingerprint density at radius 3 is 1.81 bits per heavy atom. The van der Waals surface area contributed by atoms with Gasteiger partial charge in [0.25, 0.3) is 0 Å². The zero-order valence-corrected chi connectivity index (χ0v) is 24.0. The highest BCUT2D eigenvalue weighted by atomic mass is 16.6. The lowest BCUT2D eigenvalue weighted by atomic mass is 10.0. The van der Waals surface area contributed by atoms with Crippen molar-refractivity contribution in [2.24, 2.45) is 5.92 Å². The number of nitrogens with one attached hydrogen (secondary N) is 1. The van der Waals surface area contributed by atoms with Gasteiger partial charge in [-0.1, -0.05) is 115 Å². The molecule has 0 spiro atoms. The van der Waals surface area contributed by atoms with E-state index < -0.39 is 6.09 Å². The van der Waals surface area contributed by atoms with Crippen LogP contribution in [0.25, 0.3) is 0 Å². The van der Waals surface area contributed by atoms with Gasteiger partial charge in [-0.2, -0.15) is 0 Å². The van der Waals surface area contributed by atoms with Crippen LogP contribution >= 0.6 is 0 Å². The second-order valence-corrected chi connectivity index (χ2v) is 10.5. The van der Waals surface area contributed by atoms with Crippen LogP contribution < -0.4 is 5.32 Å². The van der Waals surface area contributed by atoms with Crippen molar-refractivity contribution in [2.75, 3.05) is 39.9 Å². The number of likely N-dealkylation sites (N-methyl/N-ethyl adjacent to an activating group) is 1. The number of hydrogen-bond donors (Lipinski definition) is 1. The number of benzene rings is 1. The molecule has 0 unspecified atom stereocenters. The van der Waals surface area contributed by atoms with Crippen molar-refractivity contribution >= 4 is 12.1 Å². The van der Waals surface area contributed by atoms with Crippen molar-refractivity contribution in [1.82, 2.24) is 10.2 Å². The third-order valence-electron chi connectivity index (χ3n) is 6.64. The van der Waals surface area contributed by atoms with Crippen molar-refractivity contribution in [1.29, 1.82) is 0 Å². The topological polar surface area (TPSA) is 67.9 Å². The summed E-state index contributed by atoms with van der Waals surface area (Å²) in [6.07, 6.45) is 18.3. The van der Waals surface area contributed by atoms with Crippen LogP contribution in [0.5, 0.6) is 0 Å². The summed E-state index contributed by atoms with van der Waals surface area (Å²) in [5.41, 5.74) is 1.47. The molecule has 1 amide bonds. The molecule has 0 saturated heterocycles. The fourth-order valence-electron chi connectivity index (χ4n) is 4.26. The van der Waals surface area contributed by atoms with Crippen LogP contribution in [0.15, 0.2) is 30.3 Å². The second kappa shape index (κ2) is 23.1. The molecule has 0 aromatic heterocycles. The summed E-state index contributed by atoms with van der Waals surface area (Å²) < 4.78 is 9.98. The van der Waals surface area contributed by atoms with Crippen molar-refractivity contribution in [3.05, 3.63) is 35.9 Å². The van der Waals surface area contributed by atoms with E-state index in [4.69, 9.17) is 9.47 Å². The Labute approximate surface area is 226 Å². The summed E-state index contributed by atoms with van der Waals surface area (Å²) in [6.45, 7) is 6.11. The Morgan fingerprint density at radius 1 is 0.730 bits per heavy atom. The molecule has 0 fully saturated rings. The predicted molar refractivity (Wildman–Crippen MR) is 153 cm³/mol. The molecule has 37 heavy (non-hydrogen) atoms. The molecular formula is C31H54N2O4. The van der Waals surface area contributed by atoms with Crippen LogP contribution in [0.1, 0.15) is 103 Å². The fourth-order valence-corrected chi connectivity index (χ4v) is 4.26. The van der Waals surface area contributed by atoms with Gasteiger partial charge in [-0.15, -0.1) is 0 Å². The first kappa shape index (κ1) is 32.9. The standard InChI is InChI=1S/C31H54N2O4/c1-28(2)30(34)36-26-27-37-31(35)32-23-25-33(3)24-19-14-12-10-8-6-4-5-7-9-11-13-16-20-29-21-17-15-18-22-29/h15,17-18,21-22,28H,4-14,16,19-20,23-27H2,1-3H3,(H,32,35). The SMILES string of the molecule is CC(C)C(=O)OCCOC(=O)NCCN(C)CCCCCCCCCCCCCCCc1ccccc1. The van der Waals surface area contributed by atoms with Crippen molar-refractivity contribution < 1.29 is 19.1 Å². The Hall–Kier alpha value is -2.08. The predicted octanol–water partition coefficient (Wildman–Crippen LogP) is 7.16. The minimum Gasteiger partial charge on any atom is -0.462 e. The van der Waals surface area contributed by atoms with Gasteiger partial charge in [-0.3, -0.25) is 4.79 Å². The Morgan fingerprint density at radius 2 is 1.24 bits per heavy atom. The molecule has 0 atom stereocenters. The summed E-state index contributed by atoms with van der Waals surface area (Å²) in [7, 11) is 2.08. The summed E-state index contributed by atoms with van der Waals surface area (Å²) in [5.74, 6) is -0.451. The van der Waals surface area contributed by atoms with Gasteiger partial charge in [0.1, 0.15) is 13.2 Å². The van der Waals surface area contributed by atoms with E-state index in [0.717, 1.165) is 13.1 Å². The normalized spacial score (nSPS) is 11.2. The molecule has 1 rings (SSSR count). The number of carbonyl (C=O) groups is 2. The molecule has 1 aromatic carbocycles. The molecule has 212 valence electrons. The number of nitrogens with zero attached hydrogens (tertiary/aromatic N) is 1. The molecule has 0 radical (unpaired) electrons. The van der Waals surface area contributed by atoms with E-state index in [0.29, 0.717) is 6.54 Å². The number of carbonyl (C=O) groups excluding carboxylic acids is 2. The number of unbranched alkanes of at least 4 members (excludes halogenated alkanes) is 12. The second-order valence-electron chi connectivity index (χ2n) is 10.5. The fraction of sp³-hybridized carbons (Fsp3) is 0.742. The van der Waals surface area contributed by atoms with Crippen LogP contribution in [0.4, 0.5) is 4.79 Å². The van der Waals surface area contributed by atoms with Crippen LogP contribution in [0.3, 0.4) is 0 Å². The summed E-state index contributed by atoms with van der Waals surface area (Å²) in [5, 5.41) is 2.74. The smallest absolute Gasteiger partial charge is 0.407 e.